The molecular formula is C12H21N3O2. The molecule has 0 aromatic rings. The number of hydrogen-bond acceptors (Lipinski definition) is 4. The molecular weight excluding hydrogens is 218 g/mol. The third-order valence-electron chi connectivity index (χ3n) is 2.98. The summed E-state index contributed by atoms with van der Waals surface area (Å²) < 4.78 is 5.06. The van der Waals surface area contributed by atoms with E-state index in [4.69, 9.17) is 10.00 Å². The summed E-state index contributed by atoms with van der Waals surface area (Å²) in [5.41, 5.74) is 0.0214. The summed E-state index contributed by atoms with van der Waals surface area (Å²) in [7, 11) is 1.64. The van der Waals surface area contributed by atoms with E-state index in [-0.39, 0.29) is 23.8 Å². The van der Waals surface area contributed by atoms with Crippen LogP contribution in [0.15, 0.2) is 0 Å². The van der Waals surface area contributed by atoms with Gasteiger partial charge in [-0.2, -0.15) is 5.26 Å². The maximum absolute atomic E-state index is 11.9. The van der Waals surface area contributed by atoms with Gasteiger partial charge in [-0.3, -0.25) is 9.69 Å². The van der Waals surface area contributed by atoms with E-state index in [0.29, 0.717) is 19.7 Å². The molecule has 0 radical (unpaired) electrons. The monoisotopic (exact) mass is 239 g/mol. The Bertz CT molecular complexity index is 309. The highest BCUT2D eigenvalue weighted by Crippen LogP contribution is 2.21. The van der Waals surface area contributed by atoms with Crippen molar-refractivity contribution in [1.82, 2.24) is 10.2 Å². The van der Waals surface area contributed by atoms with Crippen LogP contribution in [0.4, 0.5) is 0 Å². The minimum atomic E-state index is -0.350. The van der Waals surface area contributed by atoms with Crippen LogP contribution < -0.4 is 5.32 Å². The van der Waals surface area contributed by atoms with E-state index >= 15 is 0 Å². The Kier molecular flexibility index (Phi) is 4.91. The van der Waals surface area contributed by atoms with Crippen molar-refractivity contribution in [3.8, 4) is 6.07 Å². The number of carbonyl (C=O) groups excluding carboxylic acids is 1. The molecule has 0 saturated carbocycles. The Balaban J connectivity index is 2.80. The molecule has 0 aromatic heterocycles. The van der Waals surface area contributed by atoms with Gasteiger partial charge < -0.3 is 10.1 Å². The highest BCUT2D eigenvalue weighted by molar-refractivity contribution is 5.82. The smallest absolute Gasteiger partial charge is 0.238 e. The van der Waals surface area contributed by atoms with Crippen molar-refractivity contribution in [2.45, 2.75) is 26.3 Å². The van der Waals surface area contributed by atoms with Gasteiger partial charge in [-0.1, -0.05) is 13.8 Å². The van der Waals surface area contributed by atoms with Gasteiger partial charge in [0.25, 0.3) is 0 Å². The number of methoxy groups -OCH3 is 1. The zero-order valence-electron chi connectivity index (χ0n) is 10.8. The predicted molar refractivity (Wildman–Crippen MR) is 64.3 cm³/mol. The number of hydrogen-bond donors (Lipinski definition) is 1. The van der Waals surface area contributed by atoms with Crippen LogP contribution in [-0.2, 0) is 9.53 Å². The fourth-order valence-electron chi connectivity index (χ4n) is 2.08. The molecule has 1 N–H and O–H groups in total. The molecule has 5 heteroatoms. The van der Waals surface area contributed by atoms with Crippen LogP contribution in [0.25, 0.3) is 0 Å². The number of amides is 1. The molecule has 0 aliphatic carbocycles. The molecule has 1 unspecified atom stereocenters. The number of nitriles is 1. The van der Waals surface area contributed by atoms with Crippen molar-refractivity contribution < 1.29 is 9.53 Å². The van der Waals surface area contributed by atoms with Gasteiger partial charge in [-0.05, 0) is 5.41 Å². The van der Waals surface area contributed by atoms with Gasteiger partial charge in [-0.25, -0.2) is 0 Å². The van der Waals surface area contributed by atoms with Crippen LogP contribution >= 0.6 is 0 Å². The van der Waals surface area contributed by atoms with Crippen molar-refractivity contribution in [3.63, 3.8) is 0 Å². The fraction of sp³-hybridized carbons (Fsp3) is 0.833. The minimum Gasteiger partial charge on any atom is -0.383 e. The van der Waals surface area contributed by atoms with E-state index in [2.05, 4.69) is 30.1 Å². The average molecular weight is 239 g/mol. The molecule has 1 rings (SSSR count). The summed E-state index contributed by atoms with van der Waals surface area (Å²) in [6.07, 6.45) is 0.228. The SMILES string of the molecule is COCCN1CC(C)(C)CNC(=O)C1CC#N. The van der Waals surface area contributed by atoms with Crippen molar-refractivity contribution in [1.29, 1.82) is 5.26 Å². The molecule has 1 heterocycles. The van der Waals surface area contributed by atoms with Crippen molar-refractivity contribution in [3.05, 3.63) is 0 Å². The molecule has 17 heavy (non-hydrogen) atoms. The first-order valence-corrected chi connectivity index (χ1v) is 5.88. The molecule has 1 aliphatic heterocycles. The number of ether oxygens (including phenoxy) is 1. The predicted octanol–water partition coefficient (Wildman–Crippen LogP) is 0.373. The normalized spacial score (nSPS) is 24.8. The zero-order valence-corrected chi connectivity index (χ0v) is 10.8. The first-order valence-electron chi connectivity index (χ1n) is 5.88. The van der Waals surface area contributed by atoms with Gasteiger partial charge in [0.05, 0.1) is 19.1 Å². The quantitative estimate of drug-likeness (QED) is 0.770. The van der Waals surface area contributed by atoms with E-state index in [1.807, 2.05) is 0 Å². The largest absolute Gasteiger partial charge is 0.383 e. The Hall–Kier alpha value is -1.12. The standard InChI is InChI=1S/C12H21N3O2/c1-12(2)8-14-11(16)10(4-5-13)15(9-12)6-7-17-3/h10H,4,6-9H2,1-3H3,(H,14,16). The van der Waals surface area contributed by atoms with E-state index in [1.54, 1.807) is 7.11 Å². The molecule has 1 atom stereocenters. The summed E-state index contributed by atoms with van der Waals surface area (Å²) >= 11 is 0. The summed E-state index contributed by atoms with van der Waals surface area (Å²) in [5, 5.41) is 11.7. The molecule has 96 valence electrons. The maximum Gasteiger partial charge on any atom is 0.238 e. The van der Waals surface area contributed by atoms with Crippen LogP contribution in [0.3, 0.4) is 0 Å². The van der Waals surface area contributed by atoms with Crippen molar-refractivity contribution in [2.75, 3.05) is 33.4 Å². The lowest BCUT2D eigenvalue weighted by Gasteiger charge is -2.31. The second-order valence-electron chi connectivity index (χ2n) is 5.22. The van der Waals surface area contributed by atoms with Gasteiger partial charge in [0.1, 0.15) is 6.04 Å². The molecule has 5 nitrogen and oxygen atoms in total. The average Bonchev–Trinajstić information content (AvgIpc) is 2.38. The van der Waals surface area contributed by atoms with Crippen LogP contribution in [-0.4, -0.2) is 50.2 Å². The summed E-state index contributed by atoms with van der Waals surface area (Å²) in [4.78, 5) is 14.0. The lowest BCUT2D eigenvalue weighted by atomic mass is 9.93. The Morgan fingerprint density at radius 2 is 2.35 bits per heavy atom. The maximum atomic E-state index is 11.9. The van der Waals surface area contributed by atoms with E-state index in [9.17, 15) is 4.79 Å². The van der Waals surface area contributed by atoms with Gasteiger partial charge in [0, 0.05) is 26.7 Å². The molecule has 1 saturated heterocycles. The highest BCUT2D eigenvalue weighted by atomic mass is 16.5. The van der Waals surface area contributed by atoms with Crippen LogP contribution in [0.1, 0.15) is 20.3 Å². The number of carbonyl (C=O) groups is 1. The second kappa shape index (κ2) is 5.99. The number of rotatable bonds is 4. The van der Waals surface area contributed by atoms with Crippen molar-refractivity contribution >= 4 is 5.91 Å². The second-order valence-corrected chi connectivity index (χ2v) is 5.22. The Labute approximate surface area is 103 Å². The van der Waals surface area contributed by atoms with Gasteiger partial charge in [-0.15, -0.1) is 0 Å². The van der Waals surface area contributed by atoms with Crippen LogP contribution in [0, 0.1) is 16.7 Å². The van der Waals surface area contributed by atoms with Gasteiger partial charge in [0.2, 0.25) is 5.91 Å². The molecule has 1 fully saturated rings. The molecule has 1 amide bonds. The van der Waals surface area contributed by atoms with Gasteiger partial charge in [0.15, 0.2) is 0 Å². The summed E-state index contributed by atoms with van der Waals surface area (Å²) in [5.74, 6) is -0.0479. The number of nitrogens with zero attached hydrogens (tertiary/aromatic N) is 2. The third kappa shape index (κ3) is 3.99. The third-order valence-corrected chi connectivity index (χ3v) is 2.98. The summed E-state index contributed by atoms with van der Waals surface area (Å²) in [6.45, 7) is 6.92. The zero-order chi connectivity index (χ0) is 12.9. The Morgan fingerprint density at radius 3 is 2.94 bits per heavy atom. The fourth-order valence-corrected chi connectivity index (χ4v) is 2.08. The van der Waals surface area contributed by atoms with Crippen LogP contribution in [0.2, 0.25) is 0 Å². The molecule has 0 bridgehead atoms. The minimum absolute atomic E-state index is 0.0214. The summed E-state index contributed by atoms with van der Waals surface area (Å²) in [6, 6.07) is 1.74. The first-order chi connectivity index (χ1) is 8.00. The lowest BCUT2D eigenvalue weighted by molar-refractivity contribution is -0.125. The Morgan fingerprint density at radius 1 is 1.65 bits per heavy atom. The lowest BCUT2D eigenvalue weighted by Crippen LogP contribution is -2.45. The van der Waals surface area contributed by atoms with Crippen molar-refractivity contribution in [2.24, 2.45) is 5.41 Å². The number of nitrogens with one attached hydrogen (secondary N) is 1. The van der Waals surface area contributed by atoms with Crippen LogP contribution in [0.5, 0.6) is 0 Å². The molecule has 0 aromatic carbocycles. The highest BCUT2D eigenvalue weighted by Gasteiger charge is 2.34. The molecule has 0 spiro atoms. The topological polar surface area (TPSA) is 65.4 Å². The van der Waals surface area contributed by atoms with Gasteiger partial charge >= 0.3 is 0 Å². The van der Waals surface area contributed by atoms with E-state index in [0.717, 1.165) is 6.54 Å². The van der Waals surface area contributed by atoms with E-state index in [1.165, 1.54) is 0 Å². The molecule has 1 aliphatic rings. The first kappa shape index (κ1) is 13.9. The van der Waals surface area contributed by atoms with E-state index < -0.39 is 0 Å².